The molecule has 1 aromatic carbocycles. The van der Waals surface area contributed by atoms with E-state index in [9.17, 15) is 0 Å². The number of likely N-dealkylation sites (tertiary alicyclic amines) is 2. The molecule has 2 aliphatic rings. The van der Waals surface area contributed by atoms with Gasteiger partial charge in [0.05, 0.1) is 12.2 Å². The van der Waals surface area contributed by atoms with Crippen LogP contribution in [0.2, 0.25) is 0 Å². The van der Waals surface area contributed by atoms with Crippen LogP contribution in [0, 0.1) is 19.8 Å². The van der Waals surface area contributed by atoms with Gasteiger partial charge in [0, 0.05) is 50.5 Å². The van der Waals surface area contributed by atoms with Crippen molar-refractivity contribution < 1.29 is 0 Å². The monoisotopic (exact) mass is 550 g/mol. The van der Waals surface area contributed by atoms with Gasteiger partial charge in [-0.15, -0.1) is 24.0 Å². The van der Waals surface area contributed by atoms with E-state index in [1.165, 1.54) is 42.6 Å². The van der Waals surface area contributed by atoms with Gasteiger partial charge in [0.1, 0.15) is 0 Å². The zero-order valence-corrected chi connectivity index (χ0v) is 22.4. The molecular weight excluding hydrogens is 511 g/mol. The number of halogens is 1. The van der Waals surface area contributed by atoms with Gasteiger partial charge in [0.15, 0.2) is 5.96 Å². The molecule has 2 fully saturated rings. The zero-order chi connectivity index (χ0) is 21.8. The number of aromatic nitrogens is 2. The van der Waals surface area contributed by atoms with Crippen molar-refractivity contribution in [3.63, 3.8) is 0 Å². The summed E-state index contributed by atoms with van der Waals surface area (Å²) in [7, 11) is 2.01. The average Bonchev–Trinajstić information content (AvgIpc) is 3.02. The summed E-state index contributed by atoms with van der Waals surface area (Å²) in [5.74, 6) is 1.78. The molecule has 2 atom stereocenters. The second-order valence-corrected chi connectivity index (χ2v) is 9.10. The molecule has 2 aliphatic heterocycles. The largest absolute Gasteiger partial charge is 0.357 e. The van der Waals surface area contributed by atoms with Crippen LogP contribution in [0.3, 0.4) is 0 Å². The second-order valence-electron chi connectivity index (χ2n) is 9.10. The van der Waals surface area contributed by atoms with E-state index in [1.807, 2.05) is 11.7 Å². The van der Waals surface area contributed by atoms with Crippen molar-refractivity contribution in [2.75, 3.05) is 26.2 Å². The molecule has 0 amide bonds. The summed E-state index contributed by atoms with van der Waals surface area (Å²) >= 11 is 0. The number of benzene rings is 1. The first kappa shape index (κ1) is 25.0. The summed E-state index contributed by atoms with van der Waals surface area (Å²) in [6, 6.07) is 11.6. The van der Waals surface area contributed by atoms with Gasteiger partial charge in [-0.1, -0.05) is 30.3 Å². The van der Waals surface area contributed by atoms with E-state index in [4.69, 9.17) is 4.99 Å². The summed E-state index contributed by atoms with van der Waals surface area (Å²) in [5.41, 5.74) is 4.98. The molecule has 32 heavy (non-hydrogen) atoms. The van der Waals surface area contributed by atoms with Gasteiger partial charge < -0.3 is 10.2 Å². The third-order valence-electron chi connectivity index (χ3n) is 7.09. The normalized spacial score (nSPS) is 21.8. The molecule has 176 valence electrons. The fourth-order valence-electron chi connectivity index (χ4n) is 5.34. The molecule has 1 N–H and O–H groups in total. The minimum Gasteiger partial charge on any atom is -0.357 e. The van der Waals surface area contributed by atoms with Gasteiger partial charge in [-0.05, 0) is 58.1 Å². The lowest BCUT2D eigenvalue weighted by Crippen LogP contribution is -2.56. The molecule has 2 aromatic rings. The van der Waals surface area contributed by atoms with E-state index in [1.54, 1.807) is 0 Å². The van der Waals surface area contributed by atoms with Crippen molar-refractivity contribution >= 4 is 29.9 Å². The van der Waals surface area contributed by atoms with Crippen molar-refractivity contribution in [3.05, 3.63) is 52.8 Å². The topological polar surface area (TPSA) is 48.7 Å². The molecule has 0 radical (unpaired) electrons. The van der Waals surface area contributed by atoms with E-state index >= 15 is 0 Å². The minimum atomic E-state index is 0. The number of hydrogen-bond acceptors (Lipinski definition) is 3. The maximum Gasteiger partial charge on any atom is 0.194 e. The fraction of sp³-hybridized carbons (Fsp3) is 0.600. The molecule has 4 rings (SSSR count). The molecule has 2 saturated heterocycles. The van der Waals surface area contributed by atoms with Crippen LogP contribution < -0.4 is 5.32 Å². The van der Waals surface area contributed by atoms with E-state index < -0.39 is 0 Å². The number of fused-ring (bicyclic) bond motifs is 1. The van der Waals surface area contributed by atoms with Crippen LogP contribution in [0.1, 0.15) is 48.7 Å². The number of aryl methyl sites for hydroxylation is 2. The van der Waals surface area contributed by atoms with Crippen molar-refractivity contribution in [3.8, 4) is 0 Å². The molecule has 0 saturated carbocycles. The summed E-state index contributed by atoms with van der Waals surface area (Å²) < 4.78 is 1.96. The van der Waals surface area contributed by atoms with Crippen molar-refractivity contribution in [2.24, 2.45) is 18.0 Å². The number of piperidine rings is 2. The molecule has 1 aromatic heterocycles. The maximum absolute atomic E-state index is 5.03. The molecule has 0 bridgehead atoms. The first-order valence-electron chi connectivity index (χ1n) is 11.9. The lowest BCUT2D eigenvalue weighted by molar-refractivity contribution is 0.0372. The highest BCUT2D eigenvalue weighted by atomic mass is 127. The summed E-state index contributed by atoms with van der Waals surface area (Å²) in [4.78, 5) is 10.3. The van der Waals surface area contributed by atoms with Crippen molar-refractivity contribution in [2.45, 2.75) is 59.2 Å². The Morgan fingerprint density at radius 1 is 1.16 bits per heavy atom. The molecular formula is C25H39IN6. The highest BCUT2D eigenvalue weighted by Crippen LogP contribution is 2.31. The van der Waals surface area contributed by atoms with E-state index in [-0.39, 0.29) is 24.0 Å². The first-order chi connectivity index (χ1) is 15.1. The highest BCUT2D eigenvalue weighted by molar-refractivity contribution is 14.0. The van der Waals surface area contributed by atoms with Crippen LogP contribution >= 0.6 is 24.0 Å². The van der Waals surface area contributed by atoms with Gasteiger partial charge >= 0.3 is 0 Å². The number of nitrogens with one attached hydrogen (secondary N) is 1. The molecule has 0 aliphatic carbocycles. The molecule has 6 nitrogen and oxygen atoms in total. The Labute approximate surface area is 210 Å². The van der Waals surface area contributed by atoms with Gasteiger partial charge in [-0.3, -0.25) is 9.58 Å². The lowest BCUT2D eigenvalue weighted by Gasteiger charge is -2.48. The van der Waals surface area contributed by atoms with Crippen LogP contribution in [-0.2, 0) is 20.1 Å². The van der Waals surface area contributed by atoms with E-state index in [0.29, 0.717) is 12.6 Å². The van der Waals surface area contributed by atoms with Gasteiger partial charge in [-0.2, -0.15) is 5.10 Å². The van der Waals surface area contributed by atoms with Gasteiger partial charge in [-0.25, -0.2) is 4.99 Å². The maximum atomic E-state index is 5.03. The average molecular weight is 551 g/mol. The third-order valence-corrected chi connectivity index (χ3v) is 7.09. The van der Waals surface area contributed by atoms with Gasteiger partial charge in [0.2, 0.25) is 0 Å². The van der Waals surface area contributed by atoms with Crippen LogP contribution in [0.5, 0.6) is 0 Å². The number of nitrogens with zero attached hydrogens (tertiary/aromatic N) is 5. The predicted molar refractivity (Wildman–Crippen MR) is 142 cm³/mol. The van der Waals surface area contributed by atoms with E-state index in [0.717, 1.165) is 43.8 Å². The van der Waals surface area contributed by atoms with Crippen molar-refractivity contribution in [1.82, 2.24) is 24.9 Å². The SMILES string of the molecule is CCNC(=NCc1c(C)nn(C)c1C)N1CCC2C(CCCN2Cc2ccccc2)C1.I. The Morgan fingerprint density at radius 3 is 2.62 bits per heavy atom. The number of guanidine groups is 1. The first-order valence-corrected chi connectivity index (χ1v) is 11.9. The fourth-order valence-corrected chi connectivity index (χ4v) is 5.34. The standard InChI is InChI=1S/C25H38N6.HI/c1-5-26-25(27-16-23-19(2)28-29(4)20(23)3)31-15-13-24-22(18-31)12-9-14-30(24)17-21-10-7-6-8-11-21;/h6-8,10-11,22,24H,5,9,12-18H2,1-4H3,(H,26,27);1H. The molecule has 3 heterocycles. The zero-order valence-electron chi connectivity index (χ0n) is 20.0. The Balaban J connectivity index is 0.00000289. The minimum absolute atomic E-state index is 0. The van der Waals surface area contributed by atoms with E-state index in [2.05, 4.69) is 71.3 Å². The van der Waals surface area contributed by atoms with Crippen LogP contribution in [0.15, 0.2) is 35.3 Å². The lowest BCUT2D eigenvalue weighted by atomic mass is 9.83. The molecule has 7 heteroatoms. The van der Waals surface area contributed by atoms with Crippen LogP contribution in [-0.4, -0.2) is 57.8 Å². The molecule has 0 spiro atoms. The third kappa shape index (κ3) is 5.65. The van der Waals surface area contributed by atoms with Crippen LogP contribution in [0.4, 0.5) is 0 Å². The second kappa shape index (κ2) is 11.5. The summed E-state index contributed by atoms with van der Waals surface area (Å²) in [6.07, 6.45) is 3.84. The number of hydrogen-bond donors (Lipinski definition) is 1. The smallest absolute Gasteiger partial charge is 0.194 e. The van der Waals surface area contributed by atoms with Crippen molar-refractivity contribution in [1.29, 1.82) is 0 Å². The Morgan fingerprint density at radius 2 is 1.94 bits per heavy atom. The Bertz CT molecular complexity index is 893. The predicted octanol–water partition coefficient (Wildman–Crippen LogP) is 4.11. The number of rotatable bonds is 5. The Hall–Kier alpha value is -1.61. The number of aliphatic imine (C=N–C) groups is 1. The van der Waals surface area contributed by atoms with Gasteiger partial charge in [0.25, 0.3) is 0 Å². The highest BCUT2D eigenvalue weighted by Gasteiger charge is 2.36. The quantitative estimate of drug-likeness (QED) is 0.346. The van der Waals surface area contributed by atoms with Crippen LogP contribution in [0.25, 0.3) is 0 Å². The summed E-state index contributed by atoms with van der Waals surface area (Å²) in [6.45, 7) is 12.4. The Kier molecular flexibility index (Phi) is 8.99. The summed E-state index contributed by atoms with van der Waals surface area (Å²) in [5, 5.41) is 8.10. The molecule has 2 unspecified atom stereocenters.